The van der Waals surface area contributed by atoms with Gasteiger partial charge < -0.3 is 9.64 Å². The third-order valence-corrected chi connectivity index (χ3v) is 4.82. The second kappa shape index (κ2) is 6.96. The van der Waals surface area contributed by atoms with Crippen LogP contribution >= 0.6 is 0 Å². The standard InChI is InChI=1S/C19H19FN4O3/c1-27-7-6-23-11-13(8-18(23)25)15-10-19(26)24-17(21-15)9-16(22-24)12-2-4-14(20)5-3-12/h2-5,9-10,13,22H,6-8,11H2,1H3. The van der Waals surface area contributed by atoms with Crippen molar-refractivity contribution >= 4 is 11.6 Å². The van der Waals surface area contributed by atoms with Crippen LogP contribution in [0.1, 0.15) is 18.0 Å². The first-order chi connectivity index (χ1) is 13.0. The van der Waals surface area contributed by atoms with Crippen molar-refractivity contribution in [1.29, 1.82) is 0 Å². The molecule has 140 valence electrons. The molecule has 1 amide bonds. The molecule has 1 aliphatic heterocycles. The highest BCUT2D eigenvalue weighted by Crippen LogP contribution is 2.27. The van der Waals surface area contributed by atoms with Gasteiger partial charge in [-0.05, 0) is 29.8 Å². The van der Waals surface area contributed by atoms with E-state index in [0.29, 0.717) is 43.2 Å². The van der Waals surface area contributed by atoms with Gasteiger partial charge in [-0.3, -0.25) is 14.7 Å². The van der Waals surface area contributed by atoms with Gasteiger partial charge in [0.25, 0.3) is 5.56 Å². The zero-order valence-electron chi connectivity index (χ0n) is 14.8. The summed E-state index contributed by atoms with van der Waals surface area (Å²) < 4.78 is 19.5. The molecule has 0 aliphatic carbocycles. The van der Waals surface area contributed by atoms with Gasteiger partial charge in [-0.1, -0.05) is 0 Å². The smallest absolute Gasteiger partial charge is 0.272 e. The second-order valence-electron chi connectivity index (χ2n) is 6.62. The SMILES string of the molecule is COCCN1CC(c2cc(=O)n3[nH]c(-c4ccc(F)cc4)cc3n2)CC1=O. The lowest BCUT2D eigenvalue weighted by Crippen LogP contribution is -2.28. The maximum absolute atomic E-state index is 13.1. The van der Waals surface area contributed by atoms with Crippen molar-refractivity contribution in [3.63, 3.8) is 0 Å². The van der Waals surface area contributed by atoms with E-state index in [1.807, 2.05) is 0 Å². The van der Waals surface area contributed by atoms with Crippen LogP contribution in [0.4, 0.5) is 4.39 Å². The van der Waals surface area contributed by atoms with Crippen LogP contribution < -0.4 is 5.56 Å². The summed E-state index contributed by atoms with van der Waals surface area (Å²) in [5.74, 6) is -0.396. The second-order valence-corrected chi connectivity index (χ2v) is 6.62. The molecule has 0 bridgehead atoms. The number of fused-ring (bicyclic) bond motifs is 1. The molecule has 4 rings (SSSR count). The molecule has 7 nitrogen and oxygen atoms in total. The van der Waals surface area contributed by atoms with E-state index < -0.39 is 0 Å². The Labute approximate surface area is 154 Å². The molecule has 0 radical (unpaired) electrons. The number of H-pyrrole nitrogens is 1. The van der Waals surface area contributed by atoms with Crippen molar-refractivity contribution in [3.8, 4) is 11.3 Å². The van der Waals surface area contributed by atoms with E-state index in [4.69, 9.17) is 4.74 Å². The Morgan fingerprint density at radius 1 is 1.26 bits per heavy atom. The summed E-state index contributed by atoms with van der Waals surface area (Å²) in [5.41, 5.74) is 2.26. The number of aromatic nitrogens is 3. The monoisotopic (exact) mass is 370 g/mol. The molecule has 1 saturated heterocycles. The summed E-state index contributed by atoms with van der Waals surface area (Å²) >= 11 is 0. The number of methoxy groups -OCH3 is 1. The van der Waals surface area contributed by atoms with Gasteiger partial charge in [0, 0.05) is 44.7 Å². The first-order valence-electron chi connectivity index (χ1n) is 8.70. The van der Waals surface area contributed by atoms with Crippen molar-refractivity contribution in [2.75, 3.05) is 26.8 Å². The molecule has 3 aromatic rings. The summed E-state index contributed by atoms with van der Waals surface area (Å²) in [7, 11) is 1.60. The molecule has 1 N–H and O–H groups in total. The number of carbonyl (C=O) groups excluding carboxylic acids is 1. The molecule has 0 saturated carbocycles. The van der Waals surface area contributed by atoms with Crippen LogP contribution in [0.2, 0.25) is 0 Å². The number of aromatic amines is 1. The minimum absolute atomic E-state index is 0.0418. The Hall–Kier alpha value is -3.00. The quantitative estimate of drug-likeness (QED) is 0.743. The molecule has 0 spiro atoms. The molecule has 1 aliphatic rings. The van der Waals surface area contributed by atoms with Crippen molar-refractivity contribution < 1.29 is 13.9 Å². The Balaban J connectivity index is 1.65. The normalized spacial score (nSPS) is 17.2. The number of nitrogens with zero attached hydrogens (tertiary/aromatic N) is 3. The topological polar surface area (TPSA) is 79.7 Å². The van der Waals surface area contributed by atoms with Gasteiger partial charge in [0.1, 0.15) is 5.82 Å². The van der Waals surface area contributed by atoms with Crippen molar-refractivity contribution in [2.24, 2.45) is 0 Å². The maximum atomic E-state index is 13.1. The fourth-order valence-electron chi connectivity index (χ4n) is 3.38. The highest BCUT2D eigenvalue weighted by Gasteiger charge is 2.31. The van der Waals surface area contributed by atoms with Crippen LogP contribution in [0.15, 0.2) is 41.2 Å². The van der Waals surface area contributed by atoms with Crippen molar-refractivity contribution in [3.05, 3.63) is 58.3 Å². The minimum Gasteiger partial charge on any atom is -0.383 e. The summed E-state index contributed by atoms with van der Waals surface area (Å²) in [6.45, 7) is 1.54. The lowest BCUT2D eigenvalue weighted by atomic mass is 10.0. The van der Waals surface area contributed by atoms with Crippen LogP contribution in [-0.4, -0.2) is 52.2 Å². The molecule has 2 aromatic heterocycles. The zero-order valence-corrected chi connectivity index (χ0v) is 14.8. The van der Waals surface area contributed by atoms with Crippen LogP contribution in [0.5, 0.6) is 0 Å². The predicted molar refractivity (Wildman–Crippen MR) is 97.0 cm³/mol. The molecule has 1 atom stereocenters. The summed E-state index contributed by atoms with van der Waals surface area (Å²) in [5, 5.41) is 2.99. The minimum atomic E-state index is -0.323. The summed E-state index contributed by atoms with van der Waals surface area (Å²) in [4.78, 5) is 31.0. The third kappa shape index (κ3) is 3.35. The Kier molecular flexibility index (Phi) is 4.49. The van der Waals surface area contributed by atoms with Gasteiger partial charge >= 0.3 is 0 Å². The van der Waals surface area contributed by atoms with E-state index in [1.54, 1.807) is 30.2 Å². The molecule has 3 heterocycles. The average Bonchev–Trinajstić information content (AvgIpc) is 3.24. The van der Waals surface area contributed by atoms with Gasteiger partial charge in [-0.15, -0.1) is 0 Å². The highest BCUT2D eigenvalue weighted by atomic mass is 19.1. The molecular weight excluding hydrogens is 351 g/mol. The number of hydrogen-bond acceptors (Lipinski definition) is 4. The molecule has 1 aromatic carbocycles. The molecule has 1 unspecified atom stereocenters. The number of nitrogens with one attached hydrogen (secondary N) is 1. The molecule has 27 heavy (non-hydrogen) atoms. The Bertz CT molecular complexity index is 1040. The number of carbonyl (C=O) groups is 1. The van der Waals surface area contributed by atoms with Gasteiger partial charge in [-0.2, -0.15) is 0 Å². The molecule has 1 fully saturated rings. The summed E-state index contributed by atoms with van der Waals surface area (Å²) in [6.07, 6.45) is 0.335. The van der Waals surface area contributed by atoms with Gasteiger partial charge in [-0.25, -0.2) is 13.9 Å². The lowest BCUT2D eigenvalue weighted by Gasteiger charge is -2.15. The summed E-state index contributed by atoms with van der Waals surface area (Å²) in [6, 6.07) is 9.21. The number of amides is 1. The van der Waals surface area contributed by atoms with E-state index in [-0.39, 0.29) is 23.2 Å². The zero-order chi connectivity index (χ0) is 19.0. The fraction of sp³-hybridized carbons (Fsp3) is 0.316. The first kappa shape index (κ1) is 17.4. The van der Waals surface area contributed by atoms with E-state index in [0.717, 1.165) is 5.56 Å². The first-order valence-corrected chi connectivity index (χ1v) is 8.70. The van der Waals surface area contributed by atoms with E-state index in [1.165, 1.54) is 22.7 Å². The van der Waals surface area contributed by atoms with Gasteiger partial charge in [0.15, 0.2) is 5.65 Å². The molecule has 8 heteroatoms. The largest absolute Gasteiger partial charge is 0.383 e. The van der Waals surface area contributed by atoms with Gasteiger partial charge in [0.2, 0.25) is 5.91 Å². The average molecular weight is 370 g/mol. The Morgan fingerprint density at radius 3 is 2.78 bits per heavy atom. The Morgan fingerprint density at radius 2 is 2.04 bits per heavy atom. The van der Waals surface area contributed by atoms with Crippen LogP contribution in [0.3, 0.4) is 0 Å². The van der Waals surface area contributed by atoms with E-state index in [2.05, 4.69) is 10.1 Å². The number of halogens is 1. The van der Waals surface area contributed by atoms with Crippen LogP contribution in [0.25, 0.3) is 16.9 Å². The van der Waals surface area contributed by atoms with Crippen LogP contribution in [-0.2, 0) is 9.53 Å². The number of rotatable bonds is 5. The number of likely N-dealkylation sites (tertiary alicyclic amines) is 1. The van der Waals surface area contributed by atoms with Gasteiger partial charge in [0.05, 0.1) is 18.0 Å². The predicted octanol–water partition coefficient (Wildman–Crippen LogP) is 1.79. The van der Waals surface area contributed by atoms with Crippen molar-refractivity contribution in [1.82, 2.24) is 19.5 Å². The third-order valence-electron chi connectivity index (χ3n) is 4.82. The number of benzene rings is 1. The number of ether oxygens (including phenoxy) is 1. The van der Waals surface area contributed by atoms with Crippen molar-refractivity contribution in [2.45, 2.75) is 12.3 Å². The van der Waals surface area contributed by atoms with Crippen LogP contribution in [0, 0.1) is 5.82 Å². The molecular formula is C19H19FN4O3. The van der Waals surface area contributed by atoms with E-state index in [9.17, 15) is 14.0 Å². The van der Waals surface area contributed by atoms with E-state index >= 15 is 0 Å². The maximum Gasteiger partial charge on any atom is 0.272 e. The fourth-order valence-corrected chi connectivity index (χ4v) is 3.38. The highest BCUT2D eigenvalue weighted by molar-refractivity contribution is 5.79. The number of hydrogen-bond donors (Lipinski definition) is 1. The lowest BCUT2D eigenvalue weighted by molar-refractivity contribution is -0.128.